The van der Waals surface area contributed by atoms with Crippen LogP contribution in [0.25, 0.3) is 11.0 Å². The number of nitrogens with zero attached hydrogens (tertiary/aromatic N) is 2. The molecule has 0 spiro atoms. The van der Waals surface area contributed by atoms with Gasteiger partial charge in [-0.05, 0) is 67.6 Å². The molecule has 0 radical (unpaired) electrons. The van der Waals surface area contributed by atoms with Crippen LogP contribution in [0, 0.1) is 18.3 Å². The number of aliphatic hydroxyl groups is 1. The molecule has 7 nitrogen and oxygen atoms in total. The summed E-state index contributed by atoms with van der Waals surface area (Å²) >= 11 is 6.03. The highest BCUT2D eigenvalue weighted by Crippen LogP contribution is 2.43. The molecular weight excluding hydrogens is 444 g/mol. The van der Waals surface area contributed by atoms with E-state index in [9.17, 15) is 14.7 Å². The van der Waals surface area contributed by atoms with Crippen molar-refractivity contribution in [3.8, 4) is 6.07 Å². The Hall–Kier alpha value is -4.28. The predicted molar refractivity (Wildman–Crippen MR) is 120 cm³/mol. The standard InChI is InChI=1S/C25H15ClN2O5/c1-13-2-8-19(32-13)22-21(23(29)20-11-15-10-16(26)5-9-18(15)33-20)24(30)25(31)28(22)17-6-3-14(12-27)4-7-17/h2-11,22,30H,1H3. The normalized spacial score (nSPS) is 16.0. The van der Waals surface area contributed by atoms with E-state index in [1.807, 2.05) is 6.07 Å². The van der Waals surface area contributed by atoms with E-state index in [2.05, 4.69) is 0 Å². The topological polar surface area (TPSA) is 108 Å². The van der Waals surface area contributed by atoms with Crippen LogP contribution < -0.4 is 4.90 Å². The van der Waals surface area contributed by atoms with Gasteiger partial charge in [0.1, 0.15) is 23.1 Å². The first kappa shape index (κ1) is 20.6. The van der Waals surface area contributed by atoms with Gasteiger partial charge in [-0.2, -0.15) is 5.26 Å². The summed E-state index contributed by atoms with van der Waals surface area (Å²) in [4.78, 5) is 27.9. The maximum Gasteiger partial charge on any atom is 0.294 e. The maximum atomic E-state index is 13.5. The number of halogens is 1. The number of hydrogen-bond acceptors (Lipinski definition) is 6. The summed E-state index contributed by atoms with van der Waals surface area (Å²) < 4.78 is 11.5. The number of carbonyl (C=O) groups is 2. The lowest BCUT2D eigenvalue weighted by Gasteiger charge is -2.24. The summed E-state index contributed by atoms with van der Waals surface area (Å²) in [6.07, 6.45) is 0. The van der Waals surface area contributed by atoms with Crippen molar-refractivity contribution in [1.82, 2.24) is 0 Å². The Morgan fingerprint density at radius 2 is 1.85 bits per heavy atom. The number of carbonyl (C=O) groups excluding carboxylic acids is 2. The zero-order valence-electron chi connectivity index (χ0n) is 17.2. The predicted octanol–water partition coefficient (Wildman–Crippen LogP) is 5.64. The van der Waals surface area contributed by atoms with Crippen molar-refractivity contribution in [3.05, 3.63) is 99.9 Å². The zero-order chi connectivity index (χ0) is 23.3. The first-order valence-corrected chi connectivity index (χ1v) is 10.3. The molecule has 1 aliphatic heterocycles. The van der Waals surface area contributed by atoms with Gasteiger partial charge in [0.2, 0.25) is 5.78 Å². The fourth-order valence-corrected chi connectivity index (χ4v) is 4.11. The quantitative estimate of drug-likeness (QED) is 0.396. The molecule has 0 saturated carbocycles. The maximum absolute atomic E-state index is 13.5. The van der Waals surface area contributed by atoms with E-state index < -0.39 is 23.5 Å². The minimum Gasteiger partial charge on any atom is -0.503 e. The summed E-state index contributed by atoms with van der Waals surface area (Å²) in [7, 11) is 0. The van der Waals surface area contributed by atoms with E-state index in [1.165, 1.54) is 11.0 Å². The molecule has 0 saturated heterocycles. The van der Waals surface area contributed by atoms with Crippen molar-refractivity contribution in [3.63, 3.8) is 0 Å². The Bertz CT molecular complexity index is 1500. The number of amides is 1. The number of aliphatic hydroxyl groups excluding tert-OH is 1. The molecule has 1 atom stereocenters. The van der Waals surface area contributed by atoms with Crippen molar-refractivity contribution in [2.24, 2.45) is 0 Å². The van der Waals surface area contributed by atoms with Crippen LogP contribution in [0.1, 0.15) is 33.7 Å². The fourth-order valence-electron chi connectivity index (χ4n) is 3.93. The monoisotopic (exact) mass is 458 g/mol. The molecule has 0 bridgehead atoms. The summed E-state index contributed by atoms with van der Waals surface area (Å²) in [6.45, 7) is 1.74. The lowest BCUT2D eigenvalue weighted by molar-refractivity contribution is -0.117. The third kappa shape index (κ3) is 3.37. The highest BCUT2D eigenvalue weighted by atomic mass is 35.5. The van der Waals surface area contributed by atoms with Crippen LogP contribution in [0.4, 0.5) is 5.69 Å². The van der Waals surface area contributed by atoms with Gasteiger partial charge in [-0.25, -0.2) is 0 Å². The average molecular weight is 459 g/mol. The number of nitriles is 1. The molecule has 1 aliphatic rings. The third-order valence-corrected chi connectivity index (χ3v) is 5.70. The van der Waals surface area contributed by atoms with Crippen LogP contribution in [0.15, 0.2) is 80.8 Å². The van der Waals surface area contributed by atoms with E-state index in [0.29, 0.717) is 38.8 Å². The number of aryl methyl sites for hydroxylation is 1. The van der Waals surface area contributed by atoms with E-state index in [1.54, 1.807) is 61.5 Å². The number of anilines is 1. The van der Waals surface area contributed by atoms with Crippen LogP contribution in [-0.2, 0) is 4.79 Å². The van der Waals surface area contributed by atoms with Gasteiger partial charge < -0.3 is 13.9 Å². The molecule has 1 unspecified atom stereocenters. The van der Waals surface area contributed by atoms with Gasteiger partial charge in [-0.15, -0.1) is 0 Å². The second-order valence-electron chi connectivity index (χ2n) is 7.57. The summed E-state index contributed by atoms with van der Waals surface area (Å²) in [5, 5.41) is 21.0. The Kier molecular flexibility index (Phi) is 4.81. The SMILES string of the molecule is Cc1ccc(C2C(C(=O)c3cc4cc(Cl)ccc4o3)=C(O)C(=O)N2c2ccc(C#N)cc2)o1. The van der Waals surface area contributed by atoms with Crippen LogP contribution in [0.3, 0.4) is 0 Å². The van der Waals surface area contributed by atoms with Gasteiger partial charge in [0.05, 0.1) is 17.2 Å². The molecule has 162 valence electrons. The smallest absolute Gasteiger partial charge is 0.294 e. The van der Waals surface area contributed by atoms with Gasteiger partial charge >= 0.3 is 0 Å². The highest BCUT2D eigenvalue weighted by Gasteiger charge is 2.46. The van der Waals surface area contributed by atoms with Crippen LogP contribution >= 0.6 is 11.6 Å². The number of rotatable bonds is 4. The van der Waals surface area contributed by atoms with Crippen molar-refractivity contribution in [2.45, 2.75) is 13.0 Å². The average Bonchev–Trinajstić information content (AvgIpc) is 3.49. The first-order valence-electron chi connectivity index (χ1n) is 9.94. The van der Waals surface area contributed by atoms with Gasteiger partial charge in [0, 0.05) is 16.1 Å². The molecule has 0 aliphatic carbocycles. The van der Waals surface area contributed by atoms with Crippen molar-refractivity contribution < 1.29 is 23.5 Å². The molecule has 5 rings (SSSR count). The zero-order valence-corrected chi connectivity index (χ0v) is 18.0. The Balaban J connectivity index is 1.64. The van der Waals surface area contributed by atoms with Crippen molar-refractivity contribution in [1.29, 1.82) is 5.26 Å². The number of fused-ring (bicyclic) bond motifs is 1. The molecular formula is C25H15ClN2O5. The van der Waals surface area contributed by atoms with E-state index in [-0.39, 0.29) is 11.3 Å². The van der Waals surface area contributed by atoms with Crippen LogP contribution in [0.2, 0.25) is 5.02 Å². The largest absolute Gasteiger partial charge is 0.503 e. The molecule has 1 amide bonds. The second kappa shape index (κ2) is 7.69. The van der Waals surface area contributed by atoms with E-state index in [4.69, 9.17) is 25.7 Å². The fraction of sp³-hybridized carbons (Fsp3) is 0.0800. The molecule has 3 heterocycles. The Labute approximate surface area is 192 Å². The number of hydrogen-bond donors (Lipinski definition) is 1. The third-order valence-electron chi connectivity index (χ3n) is 5.46. The highest BCUT2D eigenvalue weighted by molar-refractivity contribution is 6.31. The summed E-state index contributed by atoms with van der Waals surface area (Å²) in [5.74, 6) is -1.27. The van der Waals surface area contributed by atoms with Gasteiger partial charge in [-0.3, -0.25) is 14.5 Å². The Morgan fingerprint density at radius 3 is 2.52 bits per heavy atom. The van der Waals surface area contributed by atoms with E-state index >= 15 is 0 Å². The molecule has 2 aromatic heterocycles. The summed E-state index contributed by atoms with van der Waals surface area (Å²) in [5.41, 5.74) is 1.08. The van der Waals surface area contributed by atoms with Gasteiger partial charge in [0.15, 0.2) is 11.5 Å². The molecule has 8 heteroatoms. The lowest BCUT2D eigenvalue weighted by atomic mass is 9.99. The second-order valence-corrected chi connectivity index (χ2v) is 8.01. The molecule has 0 fully saturated rings. The Morgan fingerprint density at radius 1 is 1.09 bits per heavy atom. The van der Waals surface area contributed by atoms with Crippen LogP contribution in [-0.4, -0.2) is 16.8 Å². The molecule has 1 N–H and O–H groups in total. The minimum atomic E-state index is -1.02. The van der Waals surface area contributed by atoms with Crippen LogP contribution in [0.5, 0.6) is 0 Å². The molecule has 2 aromatic carbocycles. The molecule has 4 aromatic rings. The first-order chi connectivity index (χ1) is 15.9. The van der Waals surface area contributed by atoms with Crippen molar-refractivity contribution in [2.75, 3.05) is 4.90 Å². The summed E-state index contributed by atoms with van der Waals surface area (Å²) in [6, 6.07) is 17.0. The number of Topliss-reactive ketones (excluding diaryl/α,β-unsaturated/α-hetero) is 1. The lowest BCUT2D eigenvalue weighted by Crippen LogP contribution is -2.30. The van der Waals surface area contributed by atoms with Gasteiger partial charge in [0.25, 0.3) is 5.91 Å². The minimum absolute atomic E-state index is 0.0448. The molecule has 33 heavy (non-hydrogen) atoms. The number of benzene rings is 2. The van der Waals surface area contributed by atoms with Gasteiger partial charge in [-0.1, -0.05) is 11.6 Å². The van der Waals surface area contributed by atoms with E-state index in [0.717, 1.165) is 0 Å². The number of ketones is 1. The van der Waals surface area contributed by atoms with Crippen molar-refractivity contribution >= 4 is 39.9 Å². The number of furan rings is 2.